The van der Waals surface area contributed by atoms with Crippen molar-refractivity contribution in [3.8, 4) is 0 Å². The fourth-order valence-corrected chi connectivity index (χ4v) is 2.54. The zero-order valence-electron chi connectivity index (χ0n) is 11.7. The standard InChI is InChI=1S/C14H21N3O.2ClH/c1-2-17-8-4-7-13(17)10-16-14(18)11-5-3-6-12(15)9-11;;/h3,5-6,9,13H,2,4,7-8,10,15H2,1H3,(H,16,18);2*1H. The van der Waals surface area contributed by atoms with Gasteiger partial charge >= 0.3 is 0 Å². The van der Waals surface area contributed by atoms with Gasteiger partial charge in [0.25, 0.3) is 5.91 Å². The van der Waals surface area contributed by atoms with Crippen LogP contribution in [0.4, 0.5) is 5.69 Å². The molecule has 1 heterocycles. The maximum absolute atomic E-state index is 12.0. The van der Waals surface area contributed by atoms with Crippen LogP contribution < -0.4 is 11.1 Å². The minimum absolute atomic E-state index is 0. The van der Waals surface area contributed by atoms with E-state index < -0.39 is 0 Å². The van der Waals surface area contributed by atoms with Gasteiger partial charge < -0.3 is 11.1 Å². The normalized spacial score (nSPS) is 17.9. The van der Waals surface area contributed by atoms with Crippen molar-refractivity contribution in [3.05, 3.63) is 29.8 Å². The fourth-order valence-electron chi connectivity index (χ4n) is 2.54. The molecule has 0 spiro atoms. The van der Waals surface area contributed by atoms with Gasteiger partial charge in [0.1, 0.15) is 0 Å². The van der Waals surface area contributed by atoms with Gasteiger partial charge in [0, 0.05) is 23.8 Å². The van der Waals surface area contributed by atoms with E-state index in [1.54, 1.807) is 24.3 Å². The Balaban J connectivity index is 0.00000180. The molecular weight excluding hydrogens is 297 g/mol. The second kappa shape index (κ2) is 9.06. The molecular formula is C14H23Cl2N3O. The van der Waals surface area contributed by atoms with Gasteiger partial charge in [-0.3, -0.25) is 9.69 Å². The van der Waals surface area contributed by atoms with Gasteiger partial charge in [-0.25, -0.2) is 0 Å². The third kappa shape index (κ3) is 4.85. The number of amides is 1. The highest BCUT2D eigenvalue weighted by atomic mass is 35.5. The highest BCUT2D eigenvalue weighted by Gasteiger charge is 2.23. The predicted octanol–water partition coefficient (Wildman–Crippen LogP) is 2.33. The van der Waals surface area contributed by atoms with Gasteiger partial charge in [0.05, 0.1) is 0 Å². The van der Waals surface area contributed by atoms with E-state index in [0.29, 0.717) is 17.3 Å². The molecule has 6 heteroatoms. The topological polar surface area (TPSA) is 58.4 Å². The Morgan fingerprint density at radius 3 is 2.85 bits per heavy atom. The number of nitrogens with one attached hydrogen (secondary N) is 1. The van der Waals surface area contributed by atoms with Crippen LogP contribution in [-0.2, 0) is 0 Å². The van der Waals surface area contributed by atoms with E-state index in [1.807, 2.05) is 0 Å². The van der Waals surface area contributed by atoms with Gasteiger partial charge in [0.15, 0.2) is 0 Å². The van der Waals surface area contributed by atoms with Crippen LogP contribution in [0.1, 0.15) is 30.1 Å². The van der Waals surface area contributed by atoms with E-state index >= 15 is 0 Å². The zero-order valence-corrected chi connectivity index (χ0v) is 13.3. The molecule has 4 nitrogen and oxygen atoms in total. The Kier molecular flexibility index (Phi) is 8.62. The van der Waals surface area contributed by atoms with Crippen molar-refractivity contribution in [2.75, 3.05) is 25.4 Å². The van der Waals surface area contributed by atoms with Crippen molar-refractivity contribution in [1.82, 2.24) is 10.2 Å². The minimum atomic E-state index is -0.0368. The summed E-state index contributed by atoms with van der Waals surface area (Å²) in [5, 5.41) is 3.00. The molecule has 1 aliphatic heterocycles. The maximum Gasteiger partial charge on any atom is 0.251 e. The molecule has 1 saturated heterocycles. The Morgan fingerprint density at radius 2 is 2.20 bits per heavy atom. The highest BCUT2D eigenvalue weighted by molar-refractivity contribution is 5.95. The molecule has 3 N–H and O–H groups in total. The van der Waals surface area contributed by atoms with Crippen LogP contribution in [-0.4, -0.2) is 36.5 Å². The van der Waals surface area contributed by atoms with Crippen LogP contribution in [0.2, 0.25) is 0 Å². The van der Waals surface area contributed by atoms with Crippen LogP contribution in [0, 0.1) is 0 Å². The smallest absolute Gasteiger partial charge is 0.251 e. The van der Waals surface area contributed by atoms with Crippen molar-refractivity contribution in [2.24, 2.45) is 0 Å². The number of hydrogen-bond donors (Lipinski definition) is 2. The lowest BCUT2D eigenvalue weighted by atomic mass is 10.1. The van der Waals surface area contributed by atoms with E-state index in [4.69, 9.17) is 5.73 Å². The number of likely N-dealkylation sites (N-methyl/N-ethyl adjacent to an activating group) is 1. The van der Waals surface area contributed by atoms with Crippen molar-refractivity contribution in [3.63, 3.8) is 0 Å². The molecule has 1 unspecified atom stereocenters. The lowest BCUT2D eigenvalue weighted by molar-refractivity contribution is 0.0941. The number of rotatable bonds is 4. The summed E-state index contributed by atoms with van der Waals surface area (Å²) in [4.78, 5) is 14.4. The molecule has 0 radical (unpaired) electrons. The van der Waals surface area contributed by atoms with Crippen molar-refractivity contribution < 1.29 is 4.79 Å². The van der Waals surface area contributed by atoms with Crippen LogP contribution in [0.3, 0.4) is 0 Å². The molecule has 114 valence electrons. The largest absolute Gasteiger partial charge is 0.399 e. The summed E-state index contributed by atoms with van der Waals surface area (Å²) in [6.07, 6.45) is 2.40. The number of nitrogen functional groups attached to an aromatic ring is 1. The monoisotopic (exact) mass is 319 g/mol. The van der Waals surface area contributed by atoms with E-state index in [9.17, 15) is 4.79 Å². The van der Waals surface area contributed by atoms with E-state index in [0.717, 1.165) is 19.6 Å². The van der Waals surface area contributed by atoms with Gasteiger partial charge in [-0.1, -0.05) is 13.0 Å². The Bertz CT molecular complexity index is 429. The summed E-state index contributed by atoms with van der Waals surface area (Å²) >= 11 is 0. The Hall–Kier alpha value is -0.970. The molecule has 1 atom stereocenters. The summed E-state index contributed by atoms with van der Waals surface area (Å²) in [7, 11) is 0. The molecule has 20 heavy (non-hydrogen) atoms. The first-order valence-electron chi connectivity index (χ1n) is 6.58. The van der Waals surface area contributed by atoms with Gasteiger partial charge in [-0.2, -0.15) is 0 Å². The molecule has 0 bridgehead atoms. The molecule has 0 saturated carbocycles. The number of halogens is 2. The molecule has 0 aromatic heterocycles. The maximum atomic E-state index is 12.0. The first-order chi connectivity index (χ1) is 8.70. The summed E-state index contributed by atoms with van der Waals surface area (Å²) in [5.41, 5.74) is 6.93. The lowest BCUT2D eigenvalue weighted by Crippen LogP contribution is -2.40. The Labute approximate surface area is 132 Å². The first-order valence-corrected chi connectivity index (χ1v) is 6.58. The van der Waals surface area contributed by atoms with Crippen LogP contribution in [0.25, 0.3) is 0 Å². The predicted molar refractivity (Wildman–Crippen MR) is 88.0 cm³/mol. The summed E-state index contributed by atoms with van der Waals surface area (Å²) in [6, 6.07) is 7.57. The second-order valence-corrected chi connectivity index (χ2v) is 4.76. The average Bonchev–Trinajstić information content (AvgIpc) is 2.83. The first kappa shape index (κ1) is 19.0. The highest BCUT2D eigenvalue weighted by Crippen LogP contribution is 2.15. The van der Waals surface area contributed by atoms with Gasteiger partial charge in [-0.15, -0.1) is 24.8 Å². The number of anilines is 1. The number of carbonyl (C=O) groups is 1. The number of benzene rings is 1. The summed E-state index contributed by atoms with van der Waals surface area (Å²) < 4.78 is 0. The molecule has 1 aliphatic rings. The van der Waals surface area contributed by atoms with Crippen LogP contribution in [0.15, 0.2) is 24.3 Å². The van der Waals surface area contributed by atoms with Crippen molar-refractivity contribution in [1.29, 1.82) is 0 Å². The van der Waals surface area contributed by atoms with Crippen LogP contribution in [0.5, 0.6) is 0 Å². The average molecular weight is 320 g/mol. The van der Waals surface area contributed by atoms with Crippen LogP contribution >= 0.6 is 24.8 Å². The summed E-state index contributed by atoms with van der Waals surface area (Å²) in [6.45, 7) is 5.09. The third-order valence-electron chi connectivity index (χ3n) is 3.55. The summed E-state index contributed by atoms with van der Waals surface area (Å²) in [5.74, 6) is -0.0368. The molecule has 1 fully saturated rings. The third-order valence-corrected chi connectivity index (χ3v) is 3.55. The van der Waals surface area contributed by atoms with Gasteiger partial charge in [0.2, 0.25) is 0 Å². The number of hydrogen-bond acceptors (Lipinski definition) is 3. The van der Waals surface area contributed by atoms with Gasteiger partial charge in [-0.05, 0) is 44.1 Å². The second-order valence-electron chi connectivity index (χ2n) is 4.76. The number of nitrogens with two attached hydrogens (primary N) is 1. The van der Waals surface area contributed by atoms with E-state index in [-0.39, 0.29) is 30.7 Å². The zero-order chi connectivity index (χ0) is 13.0. The Morgan fingerprint density at radius 1 is 1.45 bits per heavy atom. The number of nitrogens with zero attached hydrogens (tertiary/aromatic N) is 1. The minimum Gasteiger partial charge on any atom is -0.399 e. The van der Waals surface area contributed by atoms with E-state index in [1.165, 1.54) is 12.8 Å². The quantitative estimate of drug-likeness (QED) is 0.837. The molecule has 1 aromatic rings. The SMILES string of the molecule is CCN1CCCC1CNC(=O)c1cccc(N)c1.Cl.Cl. The van der Waals surface area contributed by atoms with E-state index in [2.05, 4.69) is 17.1 Å². The lowest BCUT2D eigenvalue weighted by Gasteiger charge is -2.22. The molecule has 0 aliphatic carbocycles. The number of likely N-dealkylation sites (tertiary alicyclic amines) is 1. The molecule has 1 amide bonds. The fraction of sp³-hybridized carbons (Fsp3) is 0.500. The van der Waals surface area contributed by atoms with Crippen molar-refractivity contribution >= 4 is 36.4 Å². The molecule has 1 aromatic carbocycles. The van der Waals surface area contributed by atoms with Crippen molar-refractivity contribution in [2.45, 2.75) is 25.8 Å². The molecule has 2 rings (SSSR count). The number of carbonyl (C=O) groups excluding carboxylic acids is 1.